The van der Waals surface area contributed by atoms with E-state index in [0.29, 0.717) is 12.3 Å². The lowest BCUT2D eigenvalue weighted by atomic mass is 9.82. The van der Waals surface area contributed by atoms with Gasteiger partial charge in [0.05, 0.1) is 5.69 Å². The molecule has 0 saturated heterocycles. The number of carbonyl (C=O) groups is 1. The Balaban J connectivity index is 1.68. The van der Waals surface area contributed by atoms with Crippen LogP contribution in [0.1, 0.15) is 59.3 Å². The van der Waals surface area contributed by atoms with Crippen LogP contribution in [0.3, 0.4) is 0 Å². The van der Waals surface area contributed by atoms with Gasteiger partial charge in [0.15, 0.2) is 5.78 Å². The first kappa shape index (κ1) is 21.0. The average Bonchev–Trinajstić information content (AvgIpc) is 3.20. The van der Waals surface area contributed by atoms with Crippen molar-refractivity contribution in [2.45, 2.75) is 38.5 Å². The first-order valence-corrected chi connectivity index (χ1v) is 12.0. The monoisotopic (exact) mass is 483 g/mol. The number of nitrogens with zero attached hydrogens (tertiary/aromatic N) is 1. The Hall–Kier alpha value is -2.91. The van der Waals surface area contributed by atoms with Gasteiger partial charge >= 0.3 is 0 Å². The molecular weight excluding hydrogens is 458 g/mol. The molecule has 0 spiro atoms. The number of carbonyl (C=O) groups excluding carboxylic acids is 1. The largest absolute Gasteiger partial charge is 0.313 e. The van der Waals surface area contributed by atoms with Gasteiger partial charge in [-0.2, -0.15) is 0 Å². The minimum absolute atomic E-state index is 0.206. The molecule has 0 saturated carbocycles. The molecule has 1 aliphatic rings. The van der Waals surface area contributed by atoms with Crippen LogP contribution in [-0.4, -0.2) is 10.4 Å². The minimum Gasteiger partial charge on any atom is -0.313 e. The van der Waals surface area contributed by atoms with Crippen molar-refractivity contribution in [2.75, 3.05) is 0 Å². The highest BCUT2D eigenvalue weighted by atomic mass is 79.9. The average molecular weight is 484 g/mol. The molecule has 0 radical (unpaired) electrons. The normalized spacial score (nSPS) is 15.8. The van der Waals surface area contributed by atoms with Crippen LogP contribution in [-0.2, 0) is 6.42 Å². The fourth-order valence-electron chi connectivity index (χ4n) is 4.73. The van der Waals surface area contributed by atoms with Gasteiger partial charge in [0, 0.05) is 27.8 Å². The lowest BCUT2D eigenvalue weighted by Crippen LogP contribution is -2.20. The molecule has 32 heavy (non-hydrogen) atoms. The van der Waals surface area contributed by atoms with E-state index in [1.807, 2.05) is 6.07 Å². The Bertz CT molecular complexity index is 1250. The summed E-state index contributed by atoms with van der Waals surface area (Å²) in [6.07, 6.45) is 1.42. The number of hydrogen-bond donors (Lipinski definition) is 0. The summed E-state index contributed by atoms with van der Waals surface area (Å²) in [5.74, 6) is 0.922. The molecule has 1 atom stereocenters. The molecule has 3 aromatic carbocycles. The summed E-state index contributed by atoms with van der Waals surface area (Å²) in [6, 6.07) is 29.7. The predicted octanol–water partition coefficient (Wildman–Crippen LogP) is 7.94. The Morgan fingerprint density at radius 3 is 2.22 bits per heavy atom. The summed E-state index contributed by atoms with van der Waals surface area (Å²) in [4.78, 5) is 13.3. The Kier molecular flexibility index (Phi) is 5.60. The maximum absolute atomic E-state index is 13.3. The van der Waals surface area contributed by atoms with Crippen LogP contribution in [0.5, 0.6) is 0 Å². The van der Waals surface area contributed by atoms with Gasteiger partial charge in [-0.1, -0.05) is 84.4 Å². The number of benzene rings is 3. The van der Waals surface area contributed by atoms with Gasteiger partial charge < -0.3 is 4.57 Å². The van der Waals surface area contributed by atoms with Gasteiger partial charge in [-0.05, 0) is 65.3 Å². The molecule has 5 rings (SSSR count). The number of aromatic nitrogens is 1. The Morgan fingerprint density at radius 2 is 1.56 bits per heavy atom. The van der Waals surface area contributed by atoms with Crippen molar-refractivity contribution in [3.63, 3.8) is 0 Å². The van der Waals surface area contributed by atoms with Crippen LogP contribution in [0.15, 0.2) is 89.4 Å². The molecule has 3 heteroatoms. The van der Waals surface area contributed by atoms with Crippen LogP contribution in [0.4, 0.5) is 0 Å². The van der Waals surface area contributed by atoms with Crippen molar-refractivity contribution >= 4 is 21.7 Å². The van der Waals surface area contributed by atoms with Crippen LogP contribution >= 0.6 is 15.9 Å². The molecular formula is C29H26BrNO. The molecule has 0 fully saturated rings. The predicted molar refractivity (Wildman–Crippen MR) is 135 cm³/mol. The third kappa shape index (κ3) is 3.86. The highest BCUT2D eigenvalue weighted by Gasteiger charge is 2.31. The molecule has 2 nitrogen and oxygen atoms in total. The van der Waals surface area contributed by atoms with E-state index < -0.39 is 0 Å². The van der Waals surface area contributed by atoms with E-state index in [0.717, 1.165) is 39.1 Å². The maximum atomic E-state index is 13.3. The van der Waals surface area contributed by atoms with Gasteiger partial charge in [-0.15, -0.1) is 0 Å². The van der Waals surface area contributed by atoms with E-state index >= 15 is 0 Å². The van der Waals surface area contributed by atoms with E-state index in [2.05, 4.69) is 113 Å². The number of fused-ring (bicyclic) bond motifs is 1. The second-order valence-electron chi connectivity index (χ2n) is 8.92. The molecule has 0 bridgehead atoms. The number of hydrogen-bond acceptors (Lipinski definition) is 1. The van der Waals surface area contributed by atoms with Gasteiger partial charge in [0.2, 0.25) is 0 Å². The smallest absolute Gasteiger partial charge is 0.165 e. The van der Waals surface area contributed by atoms with Gasteiger partial charge in [-0.25, -0.2) is 0 Å². The number of ketones is 1. The summed E-state index contributed by atoms with van der Waals surface area (Å²) >= 11 is 3.54. The van der Waals surface area contributed by atoms with Crippen LogP contribution in [0.25, 0.3) is 16.9 Å². The first-order valence-electron chi connectivity index (χ1n) is 11.2. The number of Topliss-reactive ketones (excluding diaryl/α,β-unsaturated/α-hetero) is 1. The molecule has 0 aliphatic heterocycles. The second-order valence-corrected chi connectivity index (χ2v) is 9.83. The topological polar surface area (TPSA) is 22.0 Å². The molecule has 1 unspecified atom stereocenters. The van der Waals surface area contributed by atoms with Crippen molar-refractivity contribution in [1.29, 1.82) is 0 Å². The Labute approximate surface area is 198 Å². The highest BCUT2D eigenvalue weighted by Crippen LogP contribution is 2.39. The quantitative estimate of drug-likeness (QED) is 0.288. The van der Waals surface area contributed by atoms with Crippen LogP contribution in [0.2, 0.25) is 0 Å². The third-order valence-electron chi connectivity index (χ3n) is 6.50. The lowest BCUT2D eigenvalue weighted by molar-refractivity contribution is 0.0963. The first-order chi connectivity index (χ1) is 15.5. The molecule has 4 aromatic rings. The Morgan fingerprint density at radius 1 is 0.875 bits per heavy atom. The molecule has 1 aliphatic carbocycles. The van der Waals surface area contributed by atoms with E-state index in [4.69, 9.17) is 0 Å². The van der Waals surface area contributed by atoms with Crippen molar-refractivity contribution in [2.24, 2.45) is 0 Å². The minimum atomic E-state index is 0.206. The van der Waals surface area contributed by atoms with Crippen molar-refractivity contribution in [1.82, 2.24) is 4.57 Å². The molecule has 1 heterocycles. The van der Waals surface area contributed by atoms with Gasteiger partial charge in [0.1, 0.15) is 0 Å². The fourth-order valence-corrected chi connectivity index (χ4v) is 4.99. The van der Waals surface area contributed by atoms with E-state index in [-0.39, 0.29) is 11.7 Å². The lowest BCUT2D eigenvalue weighted by Gasteiger charge is -2.24. The van der Waals surface area contributed by atoms with E-state index in [1.54, 1.807) is 0 Å². The zero-order valence-electron chi connectivity index (χ0n) is 18.4. The fraction of sp³-hybridized carbons (Fsp3) is 0.207. The summed E-state index contributed by atoms with van der Waals surface area (Å²) in [6.45, 7) is 4.42. The molecule has 0 N–H and O–H groups in total. The summed E-state index contributed by atoms with van der Waals surface area (Å²) in [5.41, 5.74) is 7.82. The zero-order chi connectivity index (χ0) is 22.2. The van der Waals surface area contributed by atoms with Crippen LogP contribution in [0, 0.1) is 0 Å². The van der Waals surface area contributed by atoms with Crippen LogP contribution < -0.4 is 0 Å². The number of halogens is 1. The summed E-state index contributed by atoms with van der Waals surface area (Å²) in [7, 11) is 0. The molecule has 160 valence electrons. The number of rotatable bonds is 4. The van der Waals surface area contributed by atoms with Gasteiger partial charge in [0.25, 0.3) is 0 Å². The zero-order valence-corrected chi connectivity index (χ0v) is 20.0. The summed E-state index contributed by atoms with van der Waals surface area (Å²) < 4.78 is 3.35. The third-order valence-corrected chi connectivity index (χ3v) is 7.03. The van der Waals surface area contributed by atoms with Crippen molar-refractivity contribution in [3.8, 4) is 16.9 Å². The summed E-state index contributed by atoms with van der Waals surface area (Å²) in [5, 5.41) is 0. The van der Waals surface area contributed by atoms with E-state index in [1.165, 1.54) is 11.1 Å². The highest BCUT2D eigenvalue weighted by molar-refractivity contribution is 9.10. The van der Waals surface area contributed by atoms with E-state index in [9.17, 15) is 4.79 Å². The molecule has 1 aromatic heterocycles. The maximum Gasteiger partial charge on any atom is 0.165 e. The standard InChI is InChI=1S/C29H26BrNO/c1-19(2)20-10-14-25(15-11-20)31-27(22-8-12-24(30)13-9-22)18-26-28(31)16-23(17-29(26)32)21-6-4-3-5-7-21/h3-15,18-19,23H,16-17H2,1-2H3. The SMILES string of the molecule is CC(C)c1ccc(-n2c(-c3ccc(Br)cc3)cc3c2CC(c2ccccc2)CC3=O)cc1. The van der Waals surface area contributed by atoms with Crippen molar-refractivity contribution in [3.05, 3.63) is 112 Å². The molecule has 0 amide bonds. The van der Waals surface area contributed by atoms with Gasteiger partial charge in [-0.3, -0.25) is 4.79 Å². The second kappa shape index (κ2) is 8.55. The van der Waals surface area contributed by atoms with Crippen molar-refractivity contribution < 1.29 is 4.79 Å².